The zero-order valence-corrected chi connectivity index (χ0v) is 12.6. The van der Waals surface area contributed by atoms with Crippen LogP contribution in [0, 0.1) is 0 Å². The Kier molecular flexibility index (Phi) is 4.41. The maximum atomic E-state index is 5.46. The fourth-order valence-corrected chi connectivity index (χ4v) is 3.91. The topological polar surface area (TPSA) is 34.2 Å². The van der Waals surface area contributed by atoms with Gasteiger partial charge in [0.2, 0.25) is 0 Å². The van der Waals surface area contributed by atoms with E-state index in [0.29, 0.717) is 12.0 Å². The van der Waals surface area contributed by atoms with Crippen LogP contribution in [-0.2, 0) is 10.3 Å². The van der Waals surface area contributed by atoms with Gasteiger partial charge in [-0.3, -0.25) is 0 Å². The third kappa shape index (κ3) is 2.60. The van der Waals surface area contributed by atoms with Crippen LogP contribution in [0.4, 0.5) is 0 Å². The SMILES string of the molecule is CNC1(c2nc(C(C)C)cs2)CCC(OC)CC1. The van der Waals surface area contributed by atoms with E-state index in [4.69, 9.17) is 9.72 Å². The molecule has 1 aromatic rings. The van der Waals surface area contributed by atoms with Gasteiger partial charge in [0.25, 0.3) is 0 Å². The highest BCUT2D eigenvalue weighted by molar-refractivity contribution is 7.09. The van der Waals surface area contributed by atoms with Crippen LogP contribution >= 0.6 is 11.3 Å². The van der Waals surface area contributed by atoms with Gasteiger partial charge in [-0.1, -0.05) is 13.8 Å². The van der Waals surface area contributed by atoms with Gasteiger partial charge in [0.1, 0.15) is 5.01 Å². The van der Waals surface area contributed by atoms with E-state index in [0.717, 1.165) is 25.7 Å². The first-order valence-corrected chi connectivity index (χ1v) is 7.67. The zero-order valence-electron chi connectivity index (χ0n) is 11.8. The quantitative estimate of drug-likeness (QED) is 0.910. The summed E-state index contributed by atoms with van der Waals surface area (Å²) in [7, 11) is 3.88. The molecule has 0 atom stereocenters. The van der Waals surface area contributed by atoms with Gasteiger partial charge in [0.15, 0.2) is 0 Å². The number of rotatable bonds is 4. The maximum Gasteiger partial charge on any atom is 0.113 e. The van der Waals surface area contributed by atoms with E-state index in [-0.39, 0.29) is 5.54 Å². The lowest BCUT2D eigenvalue weighted by Gasteiger charge is -2.38. The van der Waals surface area contributed by atoms with E-state index in [1.54, 1.807) is 11.3 Å². The first-order valence-electron chi connectivity index (χ1n) is 6.79. The van der Waals surface area contributed by atoms with E-state index >= 15 is 0 Å². The Morgan fingerprint density at radius 2 is 2.11 bits per heavy atom. The molecule has 0 aromatic carbocycles. The summed E-state index contributed by atoms with van der Waals surface area (Å²) in [5.41, 5.74) is 1.30. The molecule has 1 N–H and O–H groups in total. The highest BCUT2D eigenvalue weighted by atomic mass is 32.1. The molecule has 18 heavy (non-hydrogen) atoms. The molecule has 1 fully saturated rings. The van der Waals surface area contributed by atoms with Crippen molar-refractivity contribution in [3.63, 3.8) is 0 Å². The predicted molar refractivity (Wildman–Crippen MR) is 76.2 cm³/mol. The Morgan fingerprint density at radius 3 is 2.56 bits per heavy atom. The summed E-state index contributed by atoms with van der Waals surface area (Å²) in [5, 5.41) is 6.99. The van der Waals surface area contributed by atoms with Gasteiger partial charge in [-0.25, -0.2) is 4.98 Å². The largest absolute Gasteiger partial charge is 0.381 e. The van der Waals surface area contributed by atoms with Gasteiger partial charge in [-0.2, -0.15) is 0 Å². The third-order valence-corrected chi connectivity index (χ3v) is 5.19. The lowest BCUT2D eigenvalue weighted by atomic mass is 9.81. The molecule has 2 rings (SSSR count). The molecule has 102 valence electrons. The second-order valence-electron chi connectivity index (χ2n) is 5.50. The Balaban J connectivity index is 2.17. The van der Waals surface area contributed by atoms with Crippen molar-refractivity contribution in [1.29, 1.82) is 0 Å². The standard InChI is InChI=1S/C14H24N2OS/c1-10(2)12-9-18-13(16-12)14(15-3)7-5-11(17-4)6-8-14/h9-11,15H,5-8H2,1-4H3. The van der Waals surface area contributed by atoms with Crippen molar-refractivity contribution in [2.75, 3.05) is 14.2 Å². The molecule has 0 amide bonds. The van der Waals surface area contributed by atoms with Crippen LogP contribution in [0.25, 0.3) is 0 Å². The van der Waals surface area contributed by atoms with Crippen LogP contribution < -0.4 is 5.32 Å². The first kappa shape index (κ1) is 14.0. The highest BCUT2D eigenvalue weighted by Gasteiger charge is 2.38. The minimum absolute atomic E-state index is 0.0762. The third-order valence-electron chi connectivity index (χ3n) is 4.12. The molecule has 1 saturated carbocycles. The van der Waals surface area contributed by atoms with E-state index in [2.05, 4.69) is 31.6 Å². The fourth-order valence-electron chi connectivity index (χ4n) is 2.66. The van der Waals surface area contributed by atoms with Crippen LogP contribution in [0.15, 0.2) is 5.38 Å². The van der Waals surface area contributed by atoms with Crippen molar-refractivity contribution in [2.45, 2.75) is 57.1 Å². The Labute approximate surface area is 114 Å². The van der Waals surface area contributed by atoms with Crippen molar-refractivity contribution in [1.82, 2.24) is 10.3 Å². The molecule has 0 aliphatic heterocycles. The van der Waals surface area contributed by atoms with Gasteiger partial charge in [-0.05, 0) is 38.6 Å². The van der Waals surface area contributed by atoms with E-state index in [9.17, 15) is 0 Å². The molecule has 1 heterocycles. The second-order valence-corrected chi connectivity index (χ2v) is 6.36. The van der Waals surface area contributed by atoms with Crippen molar-refractivity contribution in [3.05, 3.63) is 16.1 Å². The summed E-state index contributed by atoms with van der Waals surface area (Å²) in [4.78, 5) is 4.84. The number of hydrogen-bond donors (Lipinski definition) is 1. The van der Waals surface area contributed by atoms with Gasteiger partial charge < -0.3 is 10.1 Å². The summed E-state index contributed by atoms with van der Waals surface area (Å²) in [6, 6.07) is 0. The van der Waals surface area contributed by atoms with Gasteiger partial charge in [0, 0.05) is 12.5 Å². The van der Waals surface area contributed by atoms with Crippen LogP contribution in [0.2, 0.25) is 0 Å². The number of methoxy groups -OCH3 is 1. The van der Waals surface area contributed by atoms with Crippen molar-refractivity contribution in [2.24, 2.45) is 0 Å². The molecule has 1 aliphatic carbocycles. The first-order chi connectivity index (χ1) is 8.61. The minimum atomic E-state index is 0.0762. The lowest BCUT2D eigenvalue weighted by molar-refractivity contribution is 0.0422. The summed E-state index contributed by atoms with van der Waals surface area (Å²) in [5.74, 6) is 0.513. The minimum Gasteiger partial charge on any atom is -0.381 e. The normalized spacial score (nSPS) is 28.8. The summed E-state index contributed by atoms with van der Waals surface area (Å²) in [6.45, 7) is 4.40. The number of ether oxygens (including phenoxy) is 1. The van der Waals surface area contributed by atoms with Crippen LogP contribution in [0.5, 0.6) is 0 Å². The lowest BCUT2D eigenvalue weighted by Crippen LogP contribution is -2.44. The maximum absolute atomic E-state index is 5.46. The van der Waals surface area contributed by atoms with Crippen molar-refractivity contribution in [3.8, 4) is 0 Å². The average Bonchev–Trinajstić information content (AvgIpc) is 2.89. The van der Waals surface area contributed by atoms with Crippen LogP contribution in [0.3, 0.4) is 0 Å². The summed E-state index contributed by atoms with van der Waals surface area (Å²) >= 11 is 1.80. The molecular weight excluding hydrogens is 244 g/mol. The van der Waals surface area contributed by atoms with E-state index in [1.807, 2.05) is 7.11 Å². The van der Waals surface area contributed by atoms with E-state index in [1.165, 1.54) is 10.7 Å². The number of hydrogen-bond acceptors (Lipinski definition) is 4. The molecule has 1 aromatic heterocycles. The van der Waals surface area contributed by atoms with Crippen LogP contribution in [-0.4, -0.2) is 25.2 Å². The zero-order chi connectivity index (χ0) is 13.2. The monoisotopic (exact) mass is 268 g/mol. The molecule has 0 bridgehead atoms. The van der Waals surface area contributed by atoms with Gasteiger partial charge in [-0.15, -0.1) is 11.3 Å². The average molecular weight is 268 g/mol. The Hall–Kier alpha value is -0.450. The highest BCUT2D eigenvalue weighted by Crippen LogP contribution is 2.39. The molecule has 0 spiro atoms. The molecule has 0 saturated heterocycles. The van der Waals surface area contributed by atoms with Crippen molar-refractivity contribution < 1.29 is 4.74 Å². The van der Waals surface area contributed by atoms with E-state index < -0.39 is 0 Å². The van der Waals surface area contributed by atoms with Gasteiger partial charge >= 0.3 is 0 Å². The summed E-state index contributed by atoms with van der Waals surface area (Å²) in [6.07, 6.45) is 4.90. The second kappa shape index (κ2) is 5.68. The molecule has 0 unspecified atom stereocenters. The Bertz CT molecular complexity index is 381. The van der Waals surface area contributed by atoms with Crippen LogP contribution in [0.1, 0.15) is 56.2 Å². The van der Waals surface area contributed by atoms with Crippen molar-refractivity contribution >= 4 is 11.3 Å². The summed E-state index contributed by atoms with van der Waals surface area (Å²) < 4.78 is 5.46. The number of aromatic nitrogens is 1. The number of nitrogens with one attached hydrogen (secondary N) is 1. The van der Waals surface area contributed by atoms with Gasteiger partial charge in [0.05, 0.1) is 17.3 Å². The smallest absolute Gasteiger partial charge is 0.113 e. The number of nitrogens with zero attached hydrogens (tertiary/aromatic N) is 1. The molecule has 4 heteroatoms. The fraction of sp³-hybridized carbons (Fsp3) is 0.786. The molecular formula is C14H24N2OS. The molecule has 3 nitrogen and oxygen atoms in total. The molecule has 0 radical (unpaired) electrons. The predicted octanol–water partition coefficient (Wildman–Crippen LogP) is 3.27. The Morgan fingerprint density at radius 1 is 1.44 bits per heavy atom. The number of thiazole rings is 1. The molecule has 1 aliphatic rings.